The van der Waals surface area contributed by atoms with Crippen molar-refractivity contribution in [2.45, 2.75) is 11.8 Å². The van der Waals surface area contributed by atoms with Gasteiger partial charge in [0.1, 0.15) is 0 Å². The van der Waals surface area contributed by atoms with Crippen molar-refractivity contribution in [3.05, 3.63) is 24.0 Å². The summed E-state index contributed by atoms with van der Waals surface area (Å²) in [4.78, 5) is 13.9. The fourth-order valence-electron chi connectivity index (χ4n) is 2.63. The van der Waals surface area contributed by atoms with Gasteiger partial charge >= 0.3 is 5.97 Å². The van der Waals surface area contributed by atoms with Gasteiger partial charge in [0.15, 0.2) is 0 Å². The first-order valence-corrected chi connectivity index (χ1v) is 5.18. The molecule has 2 heterocycles. The maximum Gasteiger partial charge on any atom is 0.306 e. The van der Waals surface area contributed by atoms with Crippen molar-refractivity contribution in [2.24, 2.45) is 11.8 Å². The third kappa shape index (κ3) is 1.14. The van der Waals surface area contributed by atoms with Crippen LogP contribution in [0.5, 0.6) is 0 Å². The third-order valence-corrected chi connectivity index (χ3v) is 3.71. The van der Waals surface area contributed by atoms with Crippen molar-refractivity contribution < 1.29 is 14.6 Å². The van der Waals surface area contributed by atoms with Crippen LogP contribution in [0.2, 0.25) is 0 Å². The van der Waals surface area contributed by atoms with Gasteiger partial charge < -0.3 is 14.8 Å². The van der Waals surface area contributed by atoms with Gasteiger partial charge in [-0.3, -0.25) is 4.79 Å². The number of carboxylic acids is 1. The van der Waals surface area contributed by atoms with E-state index < -0.39 is 5.97 Å². The Balaban J connectivity index is 1.86. The zero-order chi connectivity index (χ0) is 10.5. The molecule has 2 aliphatic rings. The average molecular weight is 207 g/mol. The second-order valence-electron chi connectivity index (χ2n) is 4.54. The summed E-state index contributed by atoms with van der Waals surface area (Å²) < 4.78 is 5.28. The Hall–Kier alpha value is -1.29. The van der Waals surface area contributed by atoms with Gasteiger partial charge in [-0.05, 0) is 24.0 Å². The van der Waals surface area contributed by atoms with Crippen LogP contribution in [0.15, 0.2) is 18.5 Å². The largest absolute Gasteiger partial charge is 0.481 e. The van der Waals surface area contributed by atoms with Crippen LogP contribution in [0.1, 0.15) is 12.0 Å². The molecule has 0 spiro atoms. The number of aliphatic carboxylic acids is 1. The van der Waals surface area contributed by atoms with Crippen molar-refractivity contribution in [1.29, 1.82) is 0 Å². The van der Waals surface area contributed by atoms with E-state index in [1.54, 1.807) is 0 Å². The number of carbonyl (C=O) groups is 1. The predicted octanol–water partition coefficient (Wildman–Crippen LogP) is 1.00. The highest BCUT2D eigenvalue weighted by molar-refractivity contribution is 5.74. The predicted molar refractivity (Wildman–Crippen MR) is 52.5 cm³/mol. The molecule has 1 saturated carbocycles. The molecule has 1 aromatic heterocycles. The van der Waals surface area contributed by atoms with Crippen LogP contribution in [-0.2, 0) is 14.9 Å². The van der Waals surface area contributed by atoms with Crippen molar-refractivity contribution in [3.63, 3.8) is 0 Å². The third-order valence-electron chi connectivity index (χ3n) is 3.71. The van der Waals surface area contributed by atoms with Gasteiger partial charge in [0.25, 0.3) is 0 Å². The molecule has 2 unspecified atom stereocenters. The van der Waals surface area contributed by atoms with E-state index in [-0.39, 0.29) is 17.3 Å². The van der Waals surface area contributed by atoms with E-state index in [1.165, 1.54) is 5.56 Å². The Labute approximate surface area is 87.3 Å². The van der Waals surface area contributed by atoms with Crippen molar-refractivity contribution in [3.8, 4) is 0 Å². The van der Waals surface area contributed by atoms with Crippen LogP contribution in [0, 0.1) is 11.8 Å². The lowest BCUT2D eigenvalue weighted by molar-refractivity contribution is -0.140. The zero-order valence-corrected chi connectivity index (χ0v) is 8.27. The fraction of sp³-hybridized carbons (Fsp3) is 0.545. The molecule has 15 heavy (non-hydrogen) atoms. The van der Waals surface area contributed by atoms with Crippen LogP contribution in [-0.4, -0.2) is 29.3 Å². The van der Waals surface area contributed by atoms with E-state index in [1.807, 2.05) is 18.5 Å². The first-order chi connectivity index (χ1) is 7.24. The van der Waals surface area contributed by atoms with Crippen LogP contribution < -0.4 is 0 Å². The summed E-state index contributed by atoms with van der Waals surface area (Å²) >= 11 is 0. The highest BCUT2D eigenvalue weighted by Crippen LogP contribution is 2.55. The van der Waals surface area contributed by atoms with E-state index in [0.29, 0.717) is 13.2 Å². The van der Waals surface area contributed by atoms with Gasteiger partial charge in [-0.1, -0.05) is 0 Å². The number of carboxylic acid groups (broad SMARTS) is 1. The molecule has 2 fully saturated rings. The van der Waals surface area contributed by atoms with Crippen LogP contribution in [0.3, 0.4) is 0 Å². The molecule has 0 bridgehead atoms. The summed E-state index contributed by atoms with van der Waals surface area (Å²) in [7, 11) is 0. The summed E-state index contributed by atoms with van der Waals surface area (Å²) in [6, 6.07) is 2.03. The summed E-state index contributed by atoms with van der Waals surface area (Å²) in [5, 5.41) is 8.96. The molecular weight excluding hydrogens is 194 g/mol. The Bertz CT molecular complexity index is 381. The Morgan fingerprint density at radius 2 is 2.40 bits per heavy atom. The molecule has 2 N–H and O–H groups in total. The molecule has 4 heteroatoms. The molecule has 1 aliphatic carbocycles. The van der Waals surface area contributed by atoms with E-state index >= 15 is 0 Å². The summed E-state index contributed by atoms with van der Waals surface area (Å²) in [6.07, 6.45) is 4.64. The number of ether oxygens (including phenoxy) is 1. The molecule has 1 aromatic rings. The van der Waals surface area contributed by atoms with Gasteiger partial charge in [-0.25, -0.2) is 0 Å². The maximum absolute atomic E-state index is 10.9. The molecule has 1 aliphatic heterocycles. The van der Waals surface area contributed by atoms with Gasteiger partial charge in [-0.15, -0.1) is 0 Å². The first-order valence-electron chi connectivity index (χ1n) is 5.18. The quantitative estimate of drug-likeness (QED) is 0.777. The summed E-state index contributed by atoms with van der Waals surface area (Å²) in [5.41, 5.74) is 1.17. The van der Waals surface area contributed by atoms with Crippen molar-refractivity contribution >= 4 is 5.97 Å². The van der Waals surface area contributed by atoms with E-state index in [4.69, 9.17) is 9.84 Å². The molecule has 0 aromatic carbocycles. The van der Waals surface area contributed by atoms with E-state index in [0.717, 1.165) is 6.42 Å². The normalized spacial score (nSPS) is 32.0. The highest BCUT2D eigenvalue weighted by atomic mass is 16.5. The lowest BCUT2D eigenvalue weighted by atomic mass is 9.74. The molecule has 2 atom stereocenters. The Morgan fingerprint density at radius 1 is 1.60 bits per heavy atom. The number of aromatic amines is 1. The standard InChI is InChI=1S/C11H13NO3/c13-10(14)8-3-9(8)11(5-15-6-11)7-1-2-12-4-7/h1-2,4,8-9,12H,3,5-6H2,(H,13,14). The fourth-order valence-corrected chi connectivity index (χ4v) is 2.63. The van der Waals surface area contributed by atoms with Gasteiger partial charge in [0.2, 0.25) is 0 Å². The van der Waals surface area contributed by atoms with Crippen molar-refractivity contribution in [1.82, 2.24) is 4.98 Å². The smallest absolute Gasteiger partial charge is 0.306 e. The number of rotatable bonds is 3. The zero-order valence-electron chi connectivity index (χ0n) is 8.27. The second-order valence-corrected chi connectivity index (χ2v) is 4.54. The molecule has 0 radical (unpaired) electrons. The number of hydrogen-bond donors (Lipinski definition) is 2. The minimum absolute atomic E-state index is 0.0247. The number of nitrogens with one attached hydrogen (secondary N) is 1. The van der Waals surface area contributed by atoms with Gasteiger partial charge in [0, 0.05) is 17.8 Å². The topological polar surface area (TPSA) is 62.3 Å². The van der Waals surface area contributed by atoms with Crippen LogP contribution in [0.4, 0.5) is 0 Å². The first kappa shape index (κ1) is 8.97. The number of hydrogen-bond acceptors (Lipinski definition) is 2. The molecule has 80 valence electrons. The summed E-state index contributed by atoms with van der Waals surface area (Å²) in [5.74, 6) is -0.565. The van der Waals surface area contributed by atoms with Crippen LogP contribution in [0.25, 0.3) is 0 Å². The monoisotopic (exact) mass is 207 g/mol. The van der Waals surface area contributed by atoms with E-state index in [2.05, 4.69) is 4.98 Å². The lowest BCUT2D eigenvalue weighted by Gasteiger charge is -2.42. The highest BCUT2D eigenvalue weighted by Gasteiger charge is 2.60. The minimum atomic E-state index is -0.665. The summed E-state index contributed by atoms with van der Waals surface area (Å²) in [6.45, 7) is 1.33. The number of H-pyrrole nitrogens is 1. The SMILES string of the molecule is O=C(O)C1CC1C1(c2cc[nH]c2)COC1. The Kier molecular flexibility index (Phi) is 1.71. The molecule has 0 amide bonds. The number of aromatic nitrogens is 1. The van der Waals surface area contributed by atoms with Crippen LogP contribution >= 0.6 is 0 Å². The minimum Gasteiger partial charge on any atom is -0.481 e. The molecular formula is C11H13NO3. The second kappa shape index (κ2) is 2.85. The molecule has 4 nitrogen and oxygen atoms in total. The van der Waals surface area contributed by atoms with Gasteiger partial charge in [0.05, 0.1) is 19.1 Å². The van der Waals surface area contributed by atoms with Gasteiger partial charge in [-0.2, -0.15) is 0 Å². The van der Waals surface area contributed by atoms with E-state index in [9.17, 15) is 4.79 Å². The maximum atomic E-state index is 10.9. The molecule has 1 saturated heterocycles. The average Bonchev–Trinajstić information content (AvgIpc) is 2.72. The lowest BCUT2D eigenvalue weighted by Crippen LogP contribution is -2.49. The molecule has 3 rings (SSSR count). The Morgan fingerprint density at radius 3 is 2.80 bits per heavy atom. The van der Waals surface area contributed by atoms with Crippen molar-refractivity contribution in [2.75, 3.05) is 13.2 Å².